The summed E-state index contributed by atoms with van der Waals surface area (Å²) in [7, 11) is 0. The molecule has 0 saturated heterocycles. The van der Waals surface area contributed by atoms with Gasteiger partial charge in [-0.1, -0.05) is 19.1 Å². The normalized spacial score (nSPS) is 11.9. The number of benzene rings is 1. The fraction of sp³-hybridized carbons (Fsp3) is 0.462. The van der Waals surface area contributed by atoms with E-state index >= 15 is 0 Å². The lowest BCUT2D eigenvalue weighted by Gasteiger charge is -2.13. The molecule has 0 aliphatic heterocycles. The van der Waals surface area contributed by atoms with Gasteiger partial charge in [-0.05, 0) is 18.9 Å². The van der Waals surface area contributed by atoms with E-state index in [4.69, 9.17) is 0 Å². The molecule has 1 aromatic carbocycles. The standard InChI is InChI=1S/C13H19N3O3/c1-3-8-14-13(17)9-15-10(2)11-4-6-12(7-5-11)16(18)19/h4-7,10,15H,3,8-9H2,1-2H3,(H,14,17). The summed E-state index contributed by atoms with van der Waals surface area (Å²) in [5, 5.41) is 16.4. The maximum Gasteiger partial charge on any atom is 0.269 e. The van der Waals surface area contributed by atoms with E-state index in [1.165, 1.54) is 12.1 Å². The van der Waals surface area contributed by atoms with Crippen LogP contribution in [0, 0.1) is 10.1 Å². The fourth-order valence-corrected chi connectivity index (χ4v) is 1.58. The van der Waals surface area contributed by atoms with Crippen molar-refractivity contribution in [2.24, 2.45) is 0 Å². The molecule has 0 aromatic heterocycles. The molecule has 0 aliphatic rings. The van der Waals surface area contributed by atoms with Crippen LogP contribution < -0.4 is 10.6 Å². The van der Waals surface area contributed by atoms with Crippen LogP contribution in [0.5, 0.6) is 0 Å². The van der Waals surface area contributed by atoms with Gasteiger partial charge in [0.1, 0.15) is 0 Å². The number of hydrogen-bond acceptors (Lipinski definition) is 4. The lowest BCUT2D eigenvalue weighted by Crippen LogP contribution is -2.35. The number of non-ortho nitro benzene ring substituents is 1. The Morgan fingerprint density at radius 3 is 2.53 bits per heavy atom. The lowest BCUT2D eigenvalue weighted by molar-refractivity contribution is -0.384. The predicted octanol–water partition coefficient (Wildman–Crippen LogP) is 1.77. The number of hydrogen-bond donors (Lipinski definition) is 2. The molecule has 0 aliphatic carbocycles. The molecular weight excluding hydrogens is 246 g/mol. The first kappa shape index (κ1) is 15.1. The van der Waals surface area contributed by atoms with Crippen molar-refractivity contribution in [2.45, 2.75) is 26.3 Å². The summed E-state index contributed by atoms with van der Waals surface area (Å²) < 4.78 is 0. The van der Waals surface area contributed by atoms with Gasteiger partial charge in [0, 0.05) is 24.7 Å². The van der Waals surface area contributed by atoms with Crippen LogP contribution in [-0.4, -0.2) is 23.9 Å². The van der Waals surface area contributed by atoms with E-state index in [1.54, 1.807) is 12.1 Å². The van der Waals surface area contributed by atoms with Gasteiger partial charge < -0.3 is 10.6 Å². The molecule has 1 atom stereocenters. The van der Waals surface area contributed by atoms with E-state index in [0.29, 0.717) is 6.54 Å². The van der Waals surface area contributed by atoms with Crippen LogP contribution in [0.25, 0.3) is 0 Å². The van der Waals surface area contributed by atoms with Gasteiger partial charge >= 0.3 is 0 Å². The molecule has 1 amide bonds. The molecule has 1 aromatic rings. The van der Waals surface area contributed by atoms with Crippen molar-refractivity contribution in [3.05, 3.63) is 39.9 Å². The molecule has 19 heavy (non-hydrogen) atoms. The molecule has 0 saturated carbocycles. The van der Waals surface area contributed by atoms with Gasteiger partial charge in [0.2, 0.25) is 5.91 Å². The van der Waals surface area contributed by atoms with Crippen LogP contribution in [0.3, 0.4) is 0 Å². The van der Waals surface area contributed by atoms with Crippen molar-refractivity contribution >= 4 is 11.6 Å². The molecule has 2 N–H and O–H groups in total. The van der Waals surface area contributed by atoms with Crippen LogP contribution in [-0.2, 0) is 4.79 Å². The maximum absolute atomic E-state index is 11.4. The molecular formula is C13H19N3O3. The van der Waals surface area contributed by atoms with E-state index in [0.717, 1.165) is 12.0 Å². The molecule has 6 heteroatoms. The highest BCUT2D eigenvalue weighted by atomic mass is 16.6. The molecule has 0 fully saturated rings. The van der Waals surface area contributed by atoms with Gasteiger partial charge in [0.05, 0.1) is 11.5 Å². The van der Waals surface area contributed by atoms with Crippen LogP contribution in [0.15, 0.2) is 24.3 Å². The minimum absolute atomic E-state index is 0.0341. The fourth-order valence-electron chi connectivity index (χ4n) is 1.58. The van der Waals surface area contributed by atoms with Crippen molar-refractivity contribution in [3.8, 4) is 0 Å². The Bertz CT molecular complexity index is 431. The monoisotopic (exact) mass is 265 g/mol. The second kappa shape index (κ2) is 7.48. The zero-order valence-electron chi connectivity index (χ0n) is 11.2. The topological polar surface area (TPSA) is 84.3 Å². The molecule has 104 valence electrons. The number of carbonyl (C=O) groups excluding carboxylic acids is 1. The summed E-state index contributed by atoms with van der Waals surface area (Å²) in [6, 6.07) is 6.28. The number of rotatable bonds is 7. The van der Waals surface area contributed by atoms with Gasteiger partial charge in [-0.3, -0.25) is 14.9 Å². The Labute approximate surface area is 112 Å². The molecule has 6 nitrogen and oxygen atoms in total. The van der Waals surface area contributed by atoms with E-state index in [-0.39, 0.29) is 24.2 Å². The first-order valence-corrected chi connectivity index (χ1v) is 6.29. The summed E-state index contributed by atoms with van der Waals surface area (Å²) in [6.07, 6.45) is 0.906. The predicted molar refractivity (Wildman–Crippen MR) is 72.8 cm³/mol. The highest BCUT2D eigenvalue weighted by Crippen LogP contribution is 2.17. The average Bonchev–Trinajstić information content (AvgIpc) is 2.42. The smallest absolute Gasteiger partial charge is 0.269 e. The van der Waals surface area contributed by atoms with Gasteiger partial charge in [-0.15, -0.1) is 0 Å². The van der Waals surface area contributed by atoms with Crippen molar-refractivity contribution in [1.82, 2.24) is 10.6 Å². The van der Waals surface area contributed by atoms with E-state index in [9.17, 15) is 14.9 Å². The Morgan fingerprint density at radius 2 is 2.00 bits per heavy atom. The third-order valence-corrected chi connectivity index (χ3v) is 2.74. The first-order chi connectivity index (χ1) is 9.04. The maximum atomic E-state index is 11.4. The highest BCUT2D eigenvalue weighted by molar-refractivity contribution is 5.77. The van der Waals surface area contributed by atoms with Crippen LogP contribution >= 0.6 is 0 Å². The summed E-state index contributed by atoms with van der Waals surface area (Å²) in [5.74, 6) is -0.0457. The lowest BCUT2D eigenvalue weighted by atomic mass is 10.1. The SMILES string of the molecule is CCCNC(=O)CNC(C)c1ccc([N+](=O)[O-])cc1. The van der Waals surface area contributed by atoms with E-state index < -0.39 is 4.92 Å². The van der Waals surface area contributed by atoms with E-state index in [1.807, 2.05) is 13.8 Å². The first-order valence-electron chi connectivity index (χ1n) is 6.29. The third-order valence-electron chi connectivity index (χ3n) is 2.74. The second-order valence-electron chi connectivity index (χ2n) is 4.30. The Morgan fingerprint density at radius 1 is 1.37 bits per heavy atom. The third kappa shape index (κ3) is 5.05. The average molecular weight is 265 g/mol. The largest absolute Gasteiger partial charge is 0.355 e. The van der Waals surface area contributed by atoms with Crippen molar-refractivity contribution in [1.29, 1.82) is 0 Å². The number of nitro groups is 1. The van der Waals surface area contributed by atoms with Crippen LogP contribution in [0.2, 0.25) is 0 Å². The van der Waals surface area contributed by atoms with E-state index in [2.05, 4.69) is 10.6 Å². The Kier molecular flexibility index (Phi) is 5.95. The molecule has 1 unspecified atom stereocenters. The van der Waals surface area contributed by atoms with Crippen molar-refractivity contribution in [3.63, 3.8) is 0 Å². The molecule has 0 heterocycles. The summed E-state index contributed by atoms with van der Waals surface area (Å²) in [4.78, 5) is 21.5. The molecule has 1 rings (SSSR count). The quantitative estimate of drug-likeness (QED) is 0.581. The molecule has 0 bridgehead atoms. The zero-order chi connectivity index (χ0) is 14.3. The Balaban J connectivity index is 2.47. The summed E-state index contributed by atoms with van der Waals surface area (Å²) >= 11 is 0. The van der Waals surface area contributed by atoms with Crippen LogP contribution in [0.4, 0.5) is 5.69 Å². The van der Waals surface area contributed by atoms with Gasteiger partial charge in [-0.2, -0.15) is 0 Å². The summed E-state index contributed by atoms with van der Waals surface area (Å²) in [5.41, 5.74) is 0.977. The van der Waals surface area contributed by atoms with Crippen LogP contribution in [0.1, 0.15) is 31.9 Å². The van der Waals surface area contributed by atoms with Gasteiger partial charge in [0.25, 0.3) is 5.69 Å². The number of nitro benzene ring substituents is 1. The number of amides is 1. The minimum Gasteiger partial charge on any atom is -0.355 e. The molecule has 0 radical (unpaired) electrons. The Hall–Kier alpha value is -1.95. The summed E-state index contributed by atoms with van der Waals surface area (Å²) in [6.45, 7) is 4.81. The minimum atomic E-state index is -0.430. The zero-order valence-corrected chi connectivity index (χ0v) is 11.2. The van der Waals surface area contributed by atoms with Gasteiger partial charge in [0.15, 0.2) is 0 Å². The van der Waals surface area contributed by atoms with Crippen molar-refractivity contribution < 1.29 is 9.72 Å². The number of nitrogens with one attached hydrogen (secondary N) is 2. The number of nitrogens with zero attached hydrogens (tertiary/aromatic N) is 1. The highest BCUT2D eigenvalue weighted by Gasteiger charge is 2.09. The second-order valence-corrected chi connectivity index (χ2v) is 4.30. The van der Waals surface area contributed by atoms with Crippen molar-refractivity contribution in [2.75, 3.05) is 13.1 Å². The van der Waals surface area contributed by atoms with Gasteiger partial charge in [-0.25, -0.2) is 0 Å². The number of carbonyl (C=O) groups is 1. The molecule has 0 spiro atoms.